The molecule has 33 heavy (non-hydrogen) atoms. The normalized spacial score (nSPS) is 10.7. The predicted octanol–water partition coefficient (Wildman–Crippen LogP) is 5.44. The summed E-state index contributed by atoms with van der Waals surface area (Å²) >= 11 is 7.41. The molecule has 0 aliphatic carbocycles. The summed E-state index contributed by atoms with van der Waals surface area (Å²) in [5.41, 5.74) is 3.22. The number of nitrogens with zero attached hydrogens (tertiary/aromatic N) is 3. The largest absolute Gasteiger partial charge is 0.326 e. The molecule has 0 aliphatic heterocycles. The first-order chi connectivity index (χ1) is 16.0. The van der Waals surface area contributed by atoms with Crippen LogP contribution in [0.1, 0.15) is 28.7 Å². The van der Waals surface area contributed by atoms with Gasteiger partial charge >= 0.3 is 0 Å². The fourth-order valence-electron chi connectivity index (χ4n) is 3.29. The fourth-order valence-corrected chi connectivity index (χ4v) is 4.28. The van der Waals surface area contributed by atoms with Crippen LogP contribution in [0.3, 0.4) is 0 Å². The molecule has 0 radical (unpaired) electrons. The number of nitrogens with one attached hydrogen (secondary N) is 1. The van der Waals surface area contributed by atoms with Gasteiger partial charge < -0.3 is 5.32 Å². The molecule has 0 saturated heterocycles. The van der Waals surface area contributed by atoms with E-state index < -0.39 is 0 Å². The van der Waals surface area contributed by atoms with Crippen molar-refractivity contribution in [3.05, 3.63) is 101 Å². The maximum absolute atomic E-state index is 12.8. The minimum absolute atomic E-state index is 0.0374. The Morgan fingerprint density at radius 1 is 0.939 bits per heavy atom. The van der Waals surface area contributed by atoms with Crippen molar-refractivity contribution in [1.29, 1.82) is 0 Å². The number of hydrogen-bond acceptors (Lipinski definition) is 5. The number of benzene rings is 3. The summed E-state index contributed by atoms with van der Waals surface area (Å²) in [6, 6.07) is 24.3. The van der Waals surface area contributed by atoms with Crippen LogP contribution in [-0.2, 0) is 11.2 Å². The number of ketones is 1. The van der Waals surface area contributed by atoms with Gasteiger partial charge in [-0.3, -0.25) is 14.2 Å². The van der Waals surface area contributed by atoms with Gasteiger partial charge in [-0.1, -0.05) is 53.7 Å². The highest BCUT2D eigenvalue weighted by Crippen LogP contribution is 2.25. The van der Waals surface area contributed by atoms with Crippen molar-refractivity contribution < 1.29 is 9.59 Å². The van der Waals surface area contributed by atoms with Crippen LogP contribution in [0.5, 0.6) is 0 Å². The SMILES string of the molecule is CC(=O)Nc1ccc(C(=O)CSc2nnc(Cc3ccccc3)n2-c2ccc(Cl)cc2)cc1. The highest BCUT2D eigenvalue weighted by atomic mass is 35.5. The molecular formula is C25H21ClN4O2S. The lowest BCUT2D eigenvalue weighted by Gasteiger charge is -2.11. The van der Waals surface area contributed by atoms with E-state index in [2.05, 4.69) is 15.5 Å². The Labute approximate surface area is 201 Å². The van der Waals surface area contributed by atoms with Crippen LogP contribution in [0.4, 0.5) is 5.69 Å². The summed E-state index contributed by atoms with van der Waals surface area (Å²) in [5.74, 6) is 0.788. The first-order valence-electron chi connectivity index (χ1n) is 10.3. The van der Waals surface area contributed by atoms with Crippen LogP contribution < -0.4 is 5.32 Å². The molecule has 0 fully saturated rings. The zero-order chi connectivity index (χ0) is 23.2. The number of aromatic nitrogens is 3. The van der Waals surface area contributed by atoms with Crippen molar-refractivity contribution >= 4 is 40.7 Å². The summed E-state index contributed by atoms with van der Waals surface area (Å²) in [6.45, 7) is 1.44. The smallest absolute Gasteiger partial charge is 0.221 e. The Bertz CT molecular complexity index is 1260. The second kappa shape index (κ2) is 10.5. The zero-order valence-corrected chi connectivity index (χ0v) is 19.4. The molecule has 1 heterocycles. The highest BCUT2D eigenvalue weighted by molar-refractivity contribution is 7.99. The number of hydrogen-bond donors (Lipinski definition) is 1. The number of anilines is 1. The molecule has 1 aromatic heterocycles. The number of amides is 1. The van der Waals surface area contributed by atoms with Crippen LogP contribution >= 0.6 is 23.4 Å². The Morgan fingerprint density at radius 3 is 2.30 bits per heavy atom. The maximum Gasteiger partial charge on any atom is 0.221 e. The number of thioether (sulfide) groups is 1. The molecule has 4 rings (SSSR count). The number of Topliss-reactive ketones (excluding diaryl/α,β-unsaturated/α-hetero) is 1. The fraction of sp³-hybridized carbons (Fsp3) is 0.120. The van der Waals surface area contributed by atoms with Crippen molar-refractivity contribution in [2.75, 3.05) is 11.1 Å². The molecule has 3 aromatic carbocycles. The lowest BCUT2D eigenvalue weighted by atomic mass is 10.1. The van der Waals surface area contributed by atoms with E-state index in [0.29, 0.717) is 27.9 Å². The average Bonchev–Trinajstić information content (AvgIpc) is 3.21. The molecular weight excluding hydrogens is 456 g/mol. The third-order valence-corrected chi connectivity index (χ3v) is 6.03. The minimum Gasteiger partial charge on any atom is -0.326 e. The van der Waals surface area contributed by atoms with Gasteiger partial charge in [0.15, 0.2) is 10.9 Å². The van der Waals surface area contributed by atoms with Gasteiger partial charge in [-0.15, -0.1) is 10.2 Å². The highest BCUT2D eigenvalue weighted by Gasteiger charge is 2.17. The third kappa shape index (κ3) is 5.88. The first kappa shape index (κ1) is 22.8. The Morgan fingerprint density at radius 2 is 1.64 bits per heavy atom. The van der Waals surface area contributed by atoms with Crippen molar-refractivity contribution in [3.8, 4) is 5.69 Å². The third-order valence-electron chi connectivity index (χ3n) is 4.85. The van der Waals surface area contributed by atoms with Gasteiger partial charge in [-0.2, -0.15) is 0 Å². The molecule has 6 nitrogen and oxygen atoms in total. The van der Waals surface area contributed by atoms with Crippen LogP contribution in [0.15, 0.2) is 84.0 Å². The van der Waals surface area contributed by atoms with Crippen molar-refractivity contribution in [2.24, 2.45) is 0 Å². The number of rotatable bonds is 8. The Balaban J connectivity index is 1.55. The lowest BCUT2D eigenvalue weighted by Crippen LogP contribution is -2.08. The van der Waals surface area contributed by atoms with Gasteiger partial charge in [0.25, 0.3) is 0 Å². The quantitative estimate of drug-likeness (QED) is 0.270. The van der Waals surface area contributed by atoms with Crippen molar-refractivity contribution in [3.63, 3.8) is 0 Å². The molecule has 4 aromatic rings. The van der Waals surface area contributed by atoms with Gasteiger partial charge in [0.2, 0.25) is 5.91 Å². The average molecular weight is 477 g/mol. The molecule has 1 amide bonds. The second-order valence-electron chi connectivity index (χ2n) is 7.34. The summed E-state index contributed by atoms with van der Waals surface area (Å²) in [4.78, 5) is 23.9. The molecule has 0 unspecified atom stereocenters. The molecule has 1 N–H and O–H groups in total. The summed E-state index contributed by atoms with van der Waals surface area (Å²) in [6.07, 6.45) is 0.607. The predicted molar refractivity (Wildman–Crippen MR) is 131 cm³/mol. The van der Waals surface area contributed by atoms with E-state index in [1.807, 2.05) is 59.2 Å². The standard InChI is InChI=1S/C25H21ClN4O2S/c1-17(31)27-21-11-7-19(8-12-21)23(32)16-33-25-29-28-24(15-18-5-3-2-4-6-18)30(25)22-13-9-20(26)10-14-22/h2-14H,15-16H2,1H3,(H,27,31). The van der Waals surface area contributed by atoms with Crippen LogP contribution in [0.2, 0.25) is 5.02 Å². The molecule has 0 spiro atoms. The van der Waals surface area contributed by atoms with E-state index in [0.717, 1.165) is 17.1 Å². The number of carbonyl (C=O) groups excluding carboxylic acids is 2. The number of carbonyl (C=O) groups is 2. The van der Waals surface area contributed by atoms with E-state index in [9.17, 15) is 9.59 Å². The van der Waals surface area contributed by atoms with Crippen molar-refractivity contribution in [1.82, 2.24) is 14.8 Å². The second-order valence-corrected chi connectivity index (χ2v) is 8.72. The molecule has 0 aliphatic rings. The molecule has 0 saturated carbocycles. The maximum atomic E-state index is 12.8. The van der Waals surface area contributed by atoms with Gasteiger partial charge in [0, 0.05) is 35.3 Å². The van der Waals surface area contributed by atoms with E-state index in [-0.39, 0.29) is 17.4 Å². The minimum atomic E-state index is -0.155. The topological polar surface area (TPSA) is 76.9 Å². The van der Waals surface area contributed by atoms with Gasteiger partial charge in [-0.05, 0) is 54.1 Å². The monoisotopic (exact) mass is 476 g/mol. The van der Waals surface area contributed by atoms with E-state index >= 15 is 0 Å². The zero-order valence-electron chi connectivity index (χ0n) is 17.9. The van der Waals surface area contributed by atoms with Crippen LogP contribution in [0.25, 0.3) is 5.69 Å². The lowest BCUT2D eigenvalue weighted by molar-refractivity contribution is -0.114. The molecule has 0 bridgehead atoms. The summed E-state index contributed by atoms with van der Waals surface area (Å²) < 4.78 is 1.96. The van der Waals surface area contributed by atoms with E-state index in [4.69, 9.17) is 11.6 Å². The first-order valence-corrected chi connectivity index (χ1v) is 11.6. The summed E-state index contributed by atoms with van der Waals surface area (Å²) in [5, 5.41) is 12.7. The number of halogens is 1. The van der Waals surface area contributed by atoms with E-state index in [1.54, 1.807) is 24.3 Å². The molecule has 0 atom stereocenters. The molecule has 8 heteroatoms. The molecule has 166 valence electrons. The van der Waals surface area contributed by atoms with Crippen LogP contribution in [-0.4, -0.2) is 32.2 Å². The summed E-state index contributed by atoms with van der Waals surface area (Å²) in [7, 11) is 0. The van der Waals surface area contributed by atoms with Gasteiger partial charge in [-0.25, -0.2) is 0 Å². The van der Waals surface area contributed by atoms with Gasteiger partial charge in [0.1, 0.15) is 5.82 Å². The van der Waals surface area contributed by atoms with Crippen LogP contribution in [0, 0.1) is 0 Å². The van der Waals surface area contributed by atoms with Crippen molar-refractivity contribution in [2.45, 2.75) is 18.5 Å². The van der Waals surface area contributed by atoms with E-state index in [1.165, 1.54) is 18.7 Å². The Kier molecular flexibility index (Phi) is 7.22. The van der Waals surface area contributed by atoms with Gasteiger partial charge in [0.05, 0.1) is 5.75 Å². The Hall–Kier alpha value is -3.42.